The molecular formula is C28H29NO6. The summed E-state index contributed by atoms with van der Waals surface area (Å²) >= 11 is 0. The maximum Gasteiger partial charge on any atom is 0.337 e. The second kappa shape index (κ2) is 10.5. The Morgan fingerprint density at radius 1 is 0.886 bits per heavy atom. The molecule has 0 aliphatic carbocycles. The summed E-state index contributed by atoms with van der Waals surface area (Å²) in [6, 6.07) is 20.2. The first kappa shape index (κ1) is 24.1. The number of ether oxygens (including phenoxy) is 4. The van der Waals surface area contributed by atoms with Gasteiger partial charge in [-0.05, 0) is 60.4 Å². The van der Waals surface area contributed by atoms with Crippen LogP contribution in [-0.4, -0.2) is 50.8 Å². The molecule has 0 aromatic heterocycles. The minimum Gasteiger partial charge on any atom is -0.493 e. The Balaban J connectivity index is 1.57. The average Bonchev–Trinajstić information content (AvgIpc) is 2.90. The van der Waals surface area contributed by atoms with Gasteiger partial charge in [-0.25, -0.2) is 4.79 Å². The van der Waals surface area contributed by atoms with Crippen LogP contribution in [0.2, 0.25) is 0 Å². The molecule has 0 bridgehead atoms. The lowest BCUT2D eigenvalue weighted by Gasteiger charge is -2.47. The monoisotopic (exact) mass is 475 g/mol. The first-order valence-electron chi connectivity index (χ1n) is 11.4. The summed E-state index contributed by atoms with van der Waals surface area (Å²) in [6.45, 7) is 2.46. The zero-order valence-electron chi connectivity index (χ0n) is 20.3. The third kappa shape index (κ3) is 4.94. The number of para-hydroxylation sites is 1. The fraction of sp³-hybridized carbons (Fsp3) is 0.286. The van der Waals surface area contributed by atoms with Crippen molar-refractivity contribution in [3.63, 3.8) is 0 Å². The smallest absolute Gasteiger partial charge is 0.337 e. The number of hydrogen-bond donors (Lipinski definition) is 0. The summed E-state index contributed by atoms with van der Waals surface area (Å²) in [5, 5.41) is 0. The maximum atomic E-state index is 13.2. The molecule has 35 heavy (non-hydrogen) atoms. The number of carbonyl (C=O) groups excluding carboxylic acids is 2. The van der Waals surface area contributed by atoms with Crippen LogP contribution in [0, 0.1) is 6.92 Å². The van der Waals surface area contributed by atoms with E-state index in [4.69, 9.17) is 18.9 Å². The van der Waals surface area contributed by atoms with Crippen molar-refractivity contribution in [3.05, 3.63) is 89.0 Å². The van der Waals surface area contributed by atoms with Crippen molar-refractivity contribution < 1.29 is 28.5 Å². The van der Waals surface area contributed by atoms with E-state index in [1.807, 2.05) is 66.4 Å². The predicted octanol–water partition coefficient (Wildman–Crippen LogP) is 4.37. The summed E-state index contributed by atoms with van der Waals surface area (Å²) in [4.78, 5) is 26.9. The highest BCUT2D eigenvalue weighted by atomic mass is 16.5. The molecule has 7 nitrogen and oxygen atoms in total. The molecule has 182 valence electrons. The van der Waals surface area contributed by atoms with E-state index in [0.29, 0.717) is 35.8 Å². The molecular weight excluding hydrogens is 446 g/mol. The highest BCUT2D eigenvalue weighted by Crippen LogP contribution is 2.39. The quantitative estimate of drug-likeness (QED) is 0.338. The van der Waals surface area contributed by atoms with Crippen molar-refractivity contribution in [2.75, 3.05) is 27.9 Å². The molecule has 0 spiro atoms. The Hall–Kier alpha value is -4.00. The van der Waals surface area contributed by atoms with Gasteiger partial charge in [-0.2, -0.15) is 0 Å². The van der Waals surface area contributed by atoms with E-state index in [-0.39, 0.29) is 11.9 Å². The van der Waals surface area contributed by atoms with Gasteiger partial charge < -0.3 is 23.8 Å². The Labute approximate surface area is 205 Å². The molecule has 1 aliphatic rings. The molecule has 0 saturated carbocycles. The molecule has 0 radical (unpaired) electrons. The number of likely N-dealkylation sites (tertiary alicyclic amines) is 1. The van der Waals surface area contributed by atoms with Crippen LogP contribution in [-0.2, 0) is 16.0 Å². The van der Waals surface area contributed by atoms with Crippen LogP contribution in [0.4, 0.5) is 0 Å². The van der Waals surface area contributed by atoms with Crippen LogP contribution in [0.25, 0.3) is 0 Å². The second-order valence-corrected chi connectivity index (χ2v) is 8.33. The number of amides is 1. The molecule has 1 amide bonds. The third-order valence-corrected chi connectivity index (χ3v) is 6.26. The molecule has 1 heterocycles. The van der Waals surface area contributed by atoms with E-state index in [9.17, 15) is 9.59 Å². The first-order valence-corrected chi connectivity index (χ1v) is 11.4. The summed E-state index contributed by atoms with van der Waals surface area (Å²) < 4.78 is 21.7. The van der Waals surface area contributed by atoms with Crippen molar-refractivity contribution >= 4 is 11.9 Å². The lowest BCUT2D eigenvalue weighted by atomic mass is 9.89. The molecule has 7 heteroatoms. The number of methoxy groups -OCH3 is 3. The largest absolute Gasteiger partial charge is 0.493 e. The molecule has 0 N–H and O–H groups in total. The first-order chi connectivity index (χ1) is 17.0. The lowest BCUT2D eigenvalue weighted by Crippen LogP contribution is -2.61. The van der Waals surface area contributed by atoms with Gasteiger partial charge >= 0.3 is 5.97 Å². The van der Waals surface area contributed by atoms with E-state index >= 15 is 0 Å². The number of β-lactam (4-membered cyclic amide) rings is 1. The van der Waals surface area contributed by atoms with E-state index in [1.54, 1.807) is 26.4 Å². The second-order valence-electron chi connectivity index (χ2n) is 8.33. The molecule has 0 unspecified atom stereocenters. The minimum atomic E-state index is -0.648. The van der Waals surface area contributed by atoms with Crippen molar-refractivity contribution in [2.24, 2.45) is 0 Å². The van der Waals surface area contributed by atoms with Crippen molar-refractivity contribution in [1.82, 2.24) is 4.90 Å². The Bertz CT molecular complexity index is 1210. The Morgan fingerprint density at radius 3 is 2.26 bits per heavy atom. The van der Waals surface area contributed by atoms with E-state index < -0.39 is 12.1 Å². The predicted molar refractivity (Wildman–Crippen MR) is 131 cm³/mol. The molecule has 1 fully saturated rings. The van der Waals surface area contributed by atoms with Gasteiger partial charge in [0.15, 0.2) is 11.5 Å². The fourth-order valence-electron chi connectivity index (χ4n) is 4.28. The molecule has 3 aromatic rings. The third-order valence-electron chi connectivity index (χ3n) is 6.26. The number of benzene rings is 3. The number of esters is 1. The highest BCUT2D eigenvalue weighted by Gasteiger charge is 2.50. The Morgan fingerprint density at radius 2 is 1.60 bits per heavy atom. The van der Waals surface area contributed by atoms with Gasteiger partial charge in [0, 0.05) is 6.54 Å². The van der Waals surface area contributed by atoms with Gasteiger partial charge in [0.1, 0.15) is 11.8 Å². The number of carbonyl (C=O) groups is 2. The van der Waals surface area contributed by atoms with Crippen LogP contribution in [0.15, 0.2) is 66.7 Å². The van der Waals surface area contributed by atoms with E-state index in [0.717, 1.165) is 16.7 Å². The molecule has 1 saturated heterocycles. The van der Waals surface area contributed by atoms with Gasteiger partial charge in [0.2, 0.25) is 6.10 Å². The molecule has 4 rings (SSSR count). The van der Waals surface area contributed by atoms with Gasteiger partial charge in [-0.1, -0.05) is 36.4 Å². The maximum absolute atomic E-state index is 13.2. The standard InChI is InChI=1S/C28H29NO6/c1-18-7-5-6-8-22(18)35-26-25(20-10-12-21(13-11-20)28(31)34-4)29(27(26)30)16-15-19-9-14-23(32-2)24(17-19)33-3/h5-14,17,25-26H,15-16H2,1-4H3/t25-,26+/m1/s1. The molecule has 1 aliphatic heterocycles. The van der Waals surface area contributed by atoms with Gasteiger partial charge in [-0.3, -0.25) is 4.79 Å². The highest BCUT2D eigenvalue weighted by molar-refractivity contribution is 5.91. The van der Waals surface area contributed by atoms with E-state index in [1.165, 1.54) is 7.11 Å². The fourth-order valence-corrected chi connectivity index (χ4v) is 4.28. The van der Waals surface area contributed by atoms with Crippen LogP contribution in [0.1, 0.15) is 33.1 Å². The van der Waals surface area contributed by atoms with Crippen molar-refractivity contribution in [2.45, 2.75) is 25.5 Å². The molecule has 2 atom stereocenters. The van der Waals surface area contributed by atoms with Gasteiger partial charge in [0.05, 0.1) is 26.9 Å². The minimum absolute atomic E-state index is 0.0734. The van der Waals surface area contributed by atoms with Crippen molar-refractivity contribution in [3.8, 4) is 17.2 Å². The summed E-state index contributed by atoms with van der Waals surface area (Å²) in [6.07, 6.45) is -0.00889. The number of aryl methyl sites for hydroxylation is 1. The number of hydrogen-bond acceptors (Lipinski definition) is 6. The normalized spacial score (nSPS) is 16.9. The summed E-state index contributed by atoms with van der Waals surface area (Å²) in [5.74, 6) is 1.51. The molecule has 3 aromatic carbocycles. The zero-order valence-corrected chi connectivity index (χ0v) is 20.3. The van der Waals surface area contributed by atoms with Gasteiger partial charge in [-0.15, -0.1) is 0 Å². The average molecular weight is 476 g/mol. The van der Waals surface area contributed by atoms with Crippen LogP contribution in [0.5, 0.6) is 17.2 Å². The van der Waals surface area contributed by atoms with Crippen molar-refractivity contribution in [1.29, 1.82) is 0 Å². The SMILES string of the molecule is COC(=O)c1ccc([C@@H]2[C@H](Oc3ccccc3C)C(=O)N2CCc2ccc(OC)c(OC)c2)cc1. The Kier molecular flexibility index (Phi) is 7.25. The number of rotatable bonds is 9. The van der Waals surface area contributed by atoms with E-state index in [2.05, 4.69) is 0 Å². The zero-order chi connectivity index (χ0) is 24.9. The summed E-state index contributed by atoms with van der Waals surface area (Å²) in [5.41, 5.74) is 3.33. The van der Waals surface area contributed by atoms with Crippen LogP contribution < -0.4 is 14.2 Å². The van der Waals surface area contributed by atoms with Crippen LogP contribution >= 0.6 is 0 Å². The summed E-state index contributed by atoms with van der Waals surface area (Å²) in [7, 11) is 4.55. The topological polar surface area (TPSA) is 74.3 Å². The lowest BCUT2D eigenvalue weighted by molar-refractivity contribution is -0.164. The number of nitrogens with zero attached hydrogens (tertiary/aromatic N) is 1. The van der Waals surface area contributed by atoms with Crippen LogP contribution in [0.3, 0.4) is 0 Å². The van der Waals surface area contributed by atoms with Gasteiger partial charge in [0.25, 0.3) is 5.91 Å².